The first-order valence-electron chi connectivity index (χ1n) is 7.77. The highest BCUT2D eigenvalue weighted by atomic mass is 16.4. The van der Waals surface area contributed by atoms with E-state index in [0.717, 1.165) is 5.56 Å². The van der Waals surface area contributed by atoms with Crippen molar-refractivity contribution in [2.24, 2.45) is 5.73 Å². The Kier molecular flexibility index (Phi) is 11.6. The molecule has 0 saturated carbocycles. The second kappa shape index (κ2) is 12.5. The highest BCUT2D eigenvalue weighted by Gasteiger charge is 2.28. The Morgan fingerprint density at radius 1 is 1.04 bits per heavy atom. The van der Waals surface area contributed by atoms with Crippen LogP contribution in [0.1, 0.15) is 5.56 Å². The zero-order chi connectivity index (χ0) is 21.1. The van der Waals surface area contributed by atoms with E-state index in [1.807, 2.05) is 0 Å². The first-order chi connectivity index (χ1) is 12.5. The van der Waals surface area contributed by atoms with Gasteiger partial charge in [-0.2, -0.15) is 0 Å². The summed E-state index contributed by atoms with van der Waals surface area (Å²) in [6, 6.07) is 5.35. The molecule has 10 N–H and O–H groups in total. The lowest BCUT2D eigenvalue weighted by Gasteiger charge is -2.19. The number of carboxylic acids is 1. The van der Waals surface area contributed by atoms with Crippen molar-refractivity contribution in [3.05, 3.63) is 29.8 Å². The molecule has 0 aliphatic carbocycles. The highest BCUT2D eigenvalue weighted by Crippen LogP contribution is 2.01. The number of nitrogens with two attached hydrogens (primary N) is 1. The molecule has 1 aromatic carbocycles. The van der Waals surface area contributed by atoms with Crippen molar-refractivity contribution in [2.75, 3.05) is 13.2 Å². The van der Waals surface area contributed by atoms with Crippen LogP contribution in [0.15, 0.2) is 24.3 Å². The molecule has 0 radical (unpaired) electrons. The van der Waals surface area contributed by atoms with E-state index in [-0.39, 0.29) is 6.42 Å². The summed E-state index contributed by atoms with van der Waals surface area (Å²) >= 11 is 0. The molecule has 0 saturated heterocycles. The van der Waals surface area contributed by atoms with Crippen LogP contribution in [0.5, 0.6) is 0 Å². The number of hydrogen-bond donors (Lipinski definition) is 9. The molecule has 27 heavy (non-hydrogen) atoms. The number of carbonyl (C=O) groups is 2. The fourth-order valence-corrected chi connectivity index (χ4v) is 1.77. The minimum absolute atomic E-state index is 0.219. The highest BCUT2D eigenvalue weighted by molar-refractivity contribution is 6.58. The SMILES string of the molecule is N[C@@H](Cc1ccc(B(O)O)cc1)C(=O)O.O=C(CO)[C@@H](O)[C@H](O)[C@H](O)CO. The molecule has 0 unspecified atom stereocenters. The van der Waals surface area contributed by atoms with Crippen molar-refractivity contribution in [1.82, 2.24) is 0 Å². The third kappa shape index (κ3) is 9.04. The van der Waals surface area contributed by atoms with Crippen LogP contribution in [-0.2, 0) is 16.0 Å². The second-order valence-corrected chi connectivity index (χ2v) is 5.57. The Balaban J connectivity index is 0.000000516. The molecule has 0 fully saturated rings. The largest absolute Gasteiger partial charge is 0.488 e. The van der Waals surface area contributed by atoms with Crippen molar-refractivity contribution in [2.45, 2.75) is 30.8 Å². The molecule has 0 amide bonds. The number of carbonyl (C=O) groups excluding carboxylic acids is 1. The fourth-order valence-electron chi connectivity index (χ4n) is 1.77. The van der Waals surface area contributed by atoms with Gasteiger partial charge in [-0.05, 0) is 17.4 Å². The molecule has 0 aliphatic heterocycles. The smallest absolute Gasteiger partial charge is 0.480 e. The predicted octanol–water partition coefficient (Wildman–Crippen LogP) is -5.06. The van der Waals surface area contributed by atoms with Crippen LogP contribution in [0, 0.1) is 0 Å². The van der Waals surface area contributed by atoms with Crippen LogP contribution in [0.3, 0.4) is 0 Å². The molecule has 1 rings (SSSR count). The van der Waals surface area contributed by atoms with E-state index < -0.39 is 56.4 Å². The van der Waals surface area contributed by atoms with E-state index in [2.05, 4.69) is 0 Å². The van der Waals surface area contributed by atoms with Crippen molar-refractivity contribution in [3.63, 3.8) is 0 Å². The van der Waals surface area contributed by atoms with Crippen molar-refractivity contribution >= 4 is 24.3 Å². The molecule has 4 atom stereocenters. The van der Waals surface area contributed by atoms with Crippen LogP contribution in [0.2, 0.25) is 0 Å². The summed E-state index contributed by atoms with van der Waals surface area (Å²) in [6.45, 7) is -1.69. The van der Waals surface area contributed by atoms with Crippen LogP contribution >= 0.6 is 0 Å². The number of aliphatic carboxylic acids is 1. The first kappa shape index (κ1) is 25.1. The number of rotatable bonds is 9. The monoisotopic (exact) mass is 389 g/mol. The van der Waals surface area contributed by atoms with Gasteiger partial charge in [0, 0.05) is 0 Å². The van der Waals surface area contributed by atoms with Gasteiger partial charge in [0.05, 0.1) is 6.61 Å². The summed E-state index contributed by atoms with van der Waals surface area (Å²) in [5.74, 6) is -2.06. The molecule has 11 nitrogen and oxygen atoms in total. The summed E-state index contributed by atoms with van der Waals surface area (Å²) in [4.78, 5) is 21.0. The average molecular weight is 389 g/mol. The third-order valence-electron chi connectivity index (χ3n) is 3.44. The van der Waals surface area contributed by atoms with Crippen LogP contribution in [0.25, 0.3) is 0 Å². The van der Waals surface area contributed by atoms with Gasteiger partial charge < -0.3 is 46.4 Å². The Hall–Kier alpha value is -1.90. The lowest BCUT2D eigenvalue weighted by molar-refractivity contribution is -0.142. The molecule has 0 heterocycles. The van der Waals surface area contributed by atoms with E-state index in [1.165, 1.54) is 12.1 Å². The van der Waals surface area contributed by atoms with Gasteiger partial charge in [-0.15, -0.1) is 0 Å². The van der Waals surface area contributed by atoms with Gasteiger partial charge in [0.2, 0.25) is 0 Å². The average Bonchev–Trinajstić information content (AvgIpc) is 2.66. The maximum Gasteiger partial charge on any atom is 0.488 e. The maximum atomic E-state index is 10.5. The van der Waals surface area contributed by atoms with E-state index in [9.17, 15) is 9.59 Å². The molecule has 0 spiro atoms. The number of hydrogen-bond acceptors (Lipinski definition) is 10. The summed E-state index contributed by atoms with van der Waals surface area (Å²) in [5.41, 5.74) is 6.46. The zero-order valence-electron chi connectivity index (χ0n) is 14.3. The topological polar surface area (TPSA) is 222 Å². The minimum Gasteiger partial charge on any atom is -0.480 e. The molecule has 12 heteroatoms. The summed E-state index contributed by atoms with van der Waals surface area (Å²) in [5, 5.41) is 69.3. The normalized spacial score (nSPS) is 15.0. The Bertz CT molecular complexity index is 582. The van der Waals surface area contributed by atoms with E-state index >= 15 is 0 Å². The fraction of sp³-hybridized carbons (Fsp3) is 0.467. The molecule has 1 aromatic rings. The summed E-state index contributed by atoms with van der Waals surface area (Å²) < 4.78 is 0. The van der Waals surface area contributed by atoms with Crippen LogP contribution < -0.4 is 11.2 Å². The van der Waals surface area contributed by atoms with Gasteiger partial charge in [0.25, 0.3) is 0 Å². The predicted molar refractivity (Wildman–Crippen MR) is 92.8 cm³/mol. The van der Waals surface area contributed by atoms with Crippen molar-refractivity contribution in [1.29, 1.82) is 0 Å². The standard InChI is InChI=1S/C9H12BNO4.C6H12O6/c11-8(9(12)13)5-6-1-3-7(4-2-6)10(14)15;7-1-3(9)5(11)6(12)4(10)2-8/h1-4,8,14-15H,5,11H2,(H,12,13);3,5-9,11-12H,1-2H2/t8-;3-,5-,6-/m01/s1. The van der Waals surface area contributed by atoms with Crippen LogP contribution in [-0.4, -0.2) is 97.1 Å². The molecular weight excluding hydrogens is 365 g/mol. The van der Waals surface area contributed by atoms with Gasteiger partial charge in [0.15, 0.2) is 5.78 Å². The van der Waals surface area contributed by atoms with Crippen LogP contribution in [0.4, 0.5) is 0 Å². The van der Waals surface area contributed by atoms with Gasteiger partial charge in [-0.3, -0.25) is 9.59 Å². The van der Waals surface area contributed by atoms with Gasteiger partial charge >= 0.3 is 13.1 Å². The van der Waals surface area contributed by atoms with E-state index in [4.69, 9.17) is 46.4 Å². The maximum absolute atomic E-state index is 10.5. The van der Waals surface area contributed by atoms with Crippen molar-refractivity contribution in [3.8, 4) is 0 Å². The number of aliphatic hydroxyl groups is 5. The number of carboxylic acid groups (broad SMARTS) is 1. The molecule has 0 aromatic heterocycles. The zero-order valence-corrected chi connectivity index (χ0v) is 14.3. The quantitative estimate of drug-likeness (QED) is 0.182. The lowest BCUT2D eigenvalue weighted by Crippen LogP contribution is -2.44. The second-order valence-electron chi connectivity index (χ2n) is 5.57. The number of aliphatic hydroxyl groups excluding tert-OH is 5. The molecule has 152 valence electrons. The van der Waals surface area contributed by atoms with Crippen molar-refractivity contribution < 1.29 is 50.3 Å². The molecule has 0 bridgehead atoms. The van der Waals surface area contributed by atoms with E-state index in [1.54, 1.807) is 12.1 Å². The number of Topliss-reactive ketones (excluding diaryl/α,β-unsaturated/α-hetero) is 1. The number of ketones is 1. The number of benzene rings is 1. The summed E-state index contributed by atoms with van der Waals surface area (Å²) in [7, 11) is -1.51. The molecule has 0 aliphatic rings. The van der Waals surface area contributed by atoms with E-state index in [0.29, 0.717) is 5.46 Å². The Morgan fingerprint density at radius 3 is 1.93 bits per heavy atom. The summed E-state index contributed by atoms with van der Waals surface area (Å²) in [6.07, 6.45) is -5.00. The molecular formula is C15H24BNO10. The van der Waals surface area contributed by atoms with Gasteiger partial charge in [-0.25, -0.2) is 0 Å². The lowest BCUT2D eigenvalue weighted by atomic mass is 9.80. The first-order valence-corrected chi connectivity index (χ1v) is 7.77. The Morgan fingerprint density at radius 2 is 1.56 bits per heavy atom. The van der Waals surface area contributed by atoms with Gasteiger partial charge in [-0.1, -0.05) is 24.3 Å². The minimum atomic E-state index is -1.86. The third-order valence-corrected chi connectivity index (χ3v) is 3.44. The Labute approximate surface area is 155 Å². The van der Waals surface area contributed by atoms with Gasteiger partial charge in [0.1, 0.15) is 31.0 Å².